The Kier molecular flexibility index (Phi) is 7.63. The van der Waals surface area contributed by atoms with E-state index in [1.807, 2.05) is 25.1 Å². The number of nitrogens with zero attached hydrogens (tertiary/aromatic N) is 2. The molecule has 0 aliphatic carbocycles. The first kappa shape index (κ1) is 26.3. The van der Waals surface area contributed by atoms with Crippen molar-refractivity contribution in [1.82, 2.24) is 15.1 Å². The van der Waals surface area contributed by atoms with E-state index in [1.165, 1.54) is 42.6 Å². The van der Waals surface area contributed by atoms with Crippen LogP contribution in [-0.2, 0) is 6.54 Å². The molecule has 0 radical (unpaired) electrons. The summed E-state index contributed by atoms with van der Waals surface area (Å²) in [5.74, 6) is -0.366. The van der Waals surface area contributed by atoms with Gasteiger partial charge in [0, 0.05) is 17.8 Å². The van der Waals surface area contributed by atoms with E-state index in [0.29, 0.717) is 22.7 Å². The monoisotopic (exact) mass is 538 g/mol. The van der Waals surface area contributed by atoms with Gasteiger partial charge in [0.25, 0.3) is 11.5 Å². The molecule has 2 N–H and O–H groups in total. The number of benzene rings is 4. The highest BCUT2D eigenvalue weighted by Crippen LogP contribution is 2.29. The zero-order valence-corrected chi connectivity index (χ0v) is 21.4. The van der Waals surface area contributed by atoms with Gasteiger partial charge in [0.05, 0.1) is 11.9 Å². The summed E-state index contributed by atoms with van der Waals surface area (Å²) in [5, 5.41) is 10.1. The Bertz CT molecular complexity index is 1700. The second kappa shape index (κ2) is 11.6. The smallest absolute Gasteiger partial charge is 0.299 e. The van der Waals surface area contributed by atoms with Crippen molar-refractivity contribution in [2.75, 3.05) is 5.32 Å². The lowest BCUT2D eigenvalue weighted by Gasteiger charge is -2.15. The molecule has 0 saturated heterocycles. The summed E-state index contributed by atoms with van der Waals surface area (Å²) in [7, 11) is 0. The molecule has 1 heterocycles. The first-order valence-electron chi connectivity index (χ1n) is 12.4. The van der Waals surface area contributed by atoms with E-state index < -0.39 is 11.4 Å². The highest BCUT2D eigenvalue weighted by atomic mass is 19.1. The van der Waals surface area contributed by atoms with Gasteiger partial charge in [0.1, 0.15) is 17.4 Å². The Morgan fingerprint density at radius 3 is 2.25 bits per heavy atom. The molecule has 0 aliphatic rings. The van der Waals surface area contributed by atoms with Crippen LogP contribution in [0, 0.1) is 18.6 Å². The predicted molar refractivity (Wildman–Crippen MR) is 148 cm³/mol. The van der Waals surface area contributed by atoms with Crippen LogP contribution in [0.15, 0.2) is 108 Å². The number of hydrogen-bond acceptors (Lipinski definition) is 5. The lowest BCUT2D eigenvalue weighted by molar-refractivity contribution is 0.0951. The number of hydrogen-bond donors (Lipinski definition) is 2. The fraction of sp³-hybridized carbons (Fsp3) is 0.0645. The number of ether oxygens (including phenoxy) is 1. The molecule has 0 atom stereocenters. The molecule has 1 aromatic heterocycles. The van der Waals surface area contributed by atoms with E-state index in [2.05, 4.69) is 15.7 Å². The maximum atomic E-state index is 13.5. The van der Waals surface area contributed by atoms with Gasteiger partial charge in [-0.15, -0.1) is 0 Å². The van der Waals surface area contributed by atoms with E-state index in [1.54, 1.807) is 42.5 Å². The topological polar surface area (TPSA) is 85.2 Å². The first-order valence-corrected chi connectivity index (χ1v) is 12.4. The highest BCUT2D eigenvalue weighted by molar-refractivity contribution is 5.94. The minimum absolute atomic E-state index is 0.106. The maximum absolute atomic E-state index is 13.5. The van der Waals surface area contributed by atoms with Crippen LogP contribution in [0.2, 0.25) is 0 Å². The van der Waals surface area contributed by atoms with Crippen molar-refractivity contribution in [2.24, 2.45) is 0 Å². The van der Waals surface area contributed by atoms with Crippen molar-refractivity contribution >= 4 is 17.3 Å². The van der Waals surface area contributed by atoms with Crippen LogP contribution in [-0.4, -0.2) is 15.7 Å². The molecular weight excluding hydrogens is 514 g/mol. The SMILES string of the molecule is Cc1cccc(Oc2cnn(-c3ccc(F)cc3)c(=O)c2Nc2ccc(C(=O)NCc3ccc(F)cc3)cc2)c1. The van der Waals surface area contributed by atoms with E-state index in [0.717, 1.165) is 15.8 Å². The molecule has 4 aromatic carbocycles. The molecule has 0 unspecified atom stereocenters. The normalized spacial score (nSPS) is 10.7. The van der Waals surface area contributed by atoms with Gasteiger partial charge in [-0.25, -0.2) is 8.78 Å². The van der Waals surface area contributed by atoms with Crippen molar-refractivity contribution in [3.8, 4) is 17.2 Å². The van der Waals surface area contributed by atoms with Crippen molar-refractivity contribution in [2.45, 2.75) is 13.5 Å². The zero-order chi connectivity index (χ0) is 28.1. The standard InChI is InChI=1S/C31H24F2N4O3/c1-20-3-2-4-27(17-20)40-28-19-35-37(26-15-11-24(33)12-16-26)31(39)29(28)36-25-13-7-22(8-14-25)30(38)34-18-21-5-9-23(32)10-6-21/h2-17,19,36H,18H2,1H3,(H,34,38). The molecule has 40 heavy (non-hydrogen) atoms. The molecule has 9 heteroatoms. The lowest BCUT2D eigenvalue weighted by Crippen LogP contribution is -2.24. The number of amides is 1. The van der Waals surface area contributed by atoms with Crippen molar-refractivity contribution < 1.29 is 18.3 Å². The van der Waals surface area contributed by atoms with Gasteiger partial charge in [-0.1, -0.05) is 24.3 Å². The number of aryl methyl sites for hydroxylation is 1. The van der Waals surface area contributed by atoms with Crippen LogP contribution < -0.4 is 20.9 Å². The number of carbonyl (C=O) groups is 1. The molecule has 5 rings (SSSR count). The number of rotatable bonds is 8. The Balaban J connectivity index is 1.40. The summed E-state index contributed by atoms with van der Waals surface area (Å²) >= 11 is 0. The van der Waals surface area contributed by atoms with E-state index in [9.17, 15) is 18.4 Å². The maximum Gasteiger partial charge on any atom is 0.299 e. The van der Waals surface area contributed by atoms with Gasteiger partial charge in [-0.2, -0.15) is 9.78 Å². The number of aromatic nitrogens is 2. The molecule has 0 bridgehead atoms. The molecule has 7 nitrogen and oxygen atoms in total. The summed E-state index contributed by atoms with van der Waals surface area (Å²) < 4.78 is 33.7. The van der Waals surface area contributed by atoms with Crippen molar-refractivity contribution in [1.29, 1.82) is 0 Å². The average molecular weight is 539 g/mol. The minimum atomic E-state index is -0.516. The molecule has 0 spiro atoms. The van der Waals surface area contributed by atoms with E-state index in [4.69, 9.17) is 4.74 Å². The number of carbonyl (C=O) groups excluding carboxylic acids is 1. The summed E-state index contributed by atoms with van der Waals surface area (Å²) in [4.78, 5) is 26.1. The number of halogens is 2. The second-order valence-corrected chi connectivity index (χ2v) is 9.01. The zero-order valence-electron chi connectivity index (χ0n) is 21.4. The molecule has 1 amide bonds. The van der Waals surface area contributed by atoms with E-state index in [-0.39, 0.29) is 29.7 Å². The molecule has 200 valence electrons. The Morgan fingerprint density at radius 2 is 1.57 bits per heavy atom. The average Bonchev–Trinajstić information content (AvgIpc) is 2.95. The fourth-order valence-electron chi connectivity index (χ4n) is 3.94. The van der Waals surface area contributed by atoms with Crippen molar-refractivity contribution in [3.63, 3.8) is 0 Å². The van der Waals surface area contributed by atoms with Gasteiger partial charge in [-0.05, 0) is 90.8 Å². The van der Waals surface area contributed by atoms with Crippen LogP contribution >= 0.6 is 0 Å². The summed E-state index contributed by atoms with van der Waals surface area (Å²) in [6.07, 6.45) is 1.41. The third-order valence-corrected chi connectivity index (χ3v) is 6.01. The largest absolute Gasteiger partial charge is 0.453 e. The third-order valence-electron chi connectivity index (χ3n) is 6.01. The van der Waals surface area contributed by atoms with Crippen molar-refractivity contribution in [3.05, 3.63) is 142 Å². The second-order valence-electron chi connectivity index (χ2n) is 9.01. The molecule has 0 fully saturated rings. The fourth-order valence-corrected chi connectivity index (χ4v) is 3.94. The molecular formula is C31H24F2N4O3. The highest BCUT2D eigenvalue weighted by Gasteiger charge is 2.16. The van der Waals surface area contributed by atoms with E-state index >= 15 is 0 Å². The molecule has 0 aliphatic heterocycles. The molecule has 5 aromatic rings. The van der Waals surface area contributed by atoms with Crippen LogP contribution in [0.5, 0.6) is 11.5 Å². The Morgan fingerprint density at radius 1 is 0.900 bits per heavy atom. The Labute approximate surface area is 228 Å². The quantitative estimate of drug-likeness (QED) is 0.243. The first-order chi connectivity index (χ1) is 19.4. The molecule has 0 saturated carbocycles. The van der Waals surface area contributed by atoms with Gasteiger partial charge in [0.2, 0.25) is 0 Å². The van der Waals surface area contributed by atoms with Gasteiger partial charge >= 0.3 is 0 Å². The number of anilines is 2. The minimum Gasteiger partial charge on any atom is -0.453 e. The van der Waals surface area contributed by atoms with Crippen LogP contribution in [0.3, 0.4) is 0 Å². The predicted octanol–water partition coefficient (Wildman–Crippen LogP) is 6.29. The summed E-state index contributed by atoms with van der Waals surface area (Å²) in [5.41, 5.74) is 2.65. The third kappa shape index (κ3) is 6.21. The van der Waals surface area contributed by atoms with Crippen LogP contribution in [0.1, 0.15) is 21.5 Å². The van der Waals surface area contributed by atoms with Gasteiger partial charge in [0.15, 0.2) is 11.4 Å². The van der Waals surface area contributed by atoms with Crippen LogP contribution in [0.25, 0.3) is 5.69 Å². The summed E-state index contributed by atoms with van der Waals surface area (Å²) in [6.45, 7) is 2.17. The lowest BCUT2D eigenvalue weighted by atomic mass is 10.1. The van der Waals surface area contributed by atoms with Crippen LogP contribution in [0.4, 0.5) is 20.2 Å². The number of nitrogens with one attached hydrogen (secondary N) is 2. The van der Waals surface area contributed by atoms with Gasteiger partial charge < -0.3 is 15.4 Å². The van der Waals surface area contributed by atoms with Gasteiger partial charge in [-0.3, -0.25) is 9.59 Å². The summed E-state index contributed by atoms with van der Waals surface area (Å²) in [6, 6.07) is 25.2. The Hall–Kier alpha value is -5.31.